The normalized spacial score (nSPS) is 32.2. The number of carbonyl (C=O) groups excluding carboxylic acids is 3. The van der Waals surface area contributed by atoms with Crippen LogP contribution in [0, 0.1) is 23.2 Å². The fourth-order valence-corrected chi connectivity index (χ4v) is 8.42. The SMILES string of the molecule is COc1cnc(O[C@@H]2C[C@H]3C(=O)C[C@]4(C(=O)NS(=O)(=O)C5CC5)C[C@H]4/C=C\C(C)CCC[C@@H](C)[C@H](N)C(=O)N3C2)c2ccccc12.Cl. The number of ether oxygens (including phenoxy) is 2. The van der Waals surface area contributed by atoms with Gasteiger partial charge in [0, 0.05) is 23.6 Å². The second-order valence-corrected chi connectivity index (χ2v) is 15.7. The fourth-order valence-electron chi connectivity index (χ4n) is 7.03. The van der Waals surface area contributed by atoms with Crippen LogP contribution in [0.15, 0.2) is 42.6 Å². The Morgan fingerprint density at radius 1 is 1.09 bits per heavy atom. The molecule has 2 amide bonds. The fraction of sp³-hybridized carbons (Fsp3) is 0.588. The highest BCUT2D eigenvalue weighted by atomic mass is 35.5. The highest BCUT2D eigenvalue weighted by molar-refractivity contribution is 7.90. The summed E-state index contributed by atoms with van der Waals surface area (Å²) in [7, 11) is -2.23. The molecular weight excluding hydrogens is 644 g/mol. The van der Waals surface area contributed by atoms with Gasteiger partial charge in [0.2, 0.25) is 27.7 Å². The third kappa shape index (κ3) is 7.15. The molecule has 0 radical (unpaired) electrons. The molecule has 2 aliphatic carbocycles. The van der Waals surface area contributed by atoms with Crippen LogP contribution >= 0.6 is 12.4 Å². The number of carbonyl (C=O) groups is 3. The summed E-state index contributed by atoms with van der Waals surface area (Å²) >= 11 is 0. The number of nitrogens with zero attached hydrogens (tertiary/aromatic N) is 2. The molecule has 47 heavy (non-hydrogen) atoms. The van der Waals surface area contributed by atoms with Crippen LogP contribution < -0.4 is 19.9 Å². The van der Waals surface area contributed by atoms with E-state index >= 15 is 0 Å². The van der Waals surface area contributed by atoms with Gasteiger partial charge in [-0.3, -0.25) is 19.1 Å². The van der Waals surface area contributed by atoms with E-state index in [1.54, 1.807) is 13.3 Å². The number of halogens is 1. The molecule has 3 fully saturated rings. The van der Waals surface area contributed by atoms with Gasteiger partial charge in [-0.05, 0) is 55.9 Å². The summed E-state index contributed by atoms with van der Waals surface area (Å²) < 4.78 is 39.7. The lowest BCUT2D eigenvalue weighted by Gasteiger charge is -2.29. The van der Waals surface area contributed by atoms with Gasteiger partial charge in [-0.2, -0.15) is 0 Å². The lowest BCUT2D eigenvalue weighted by Crippen LogP contribution is -2.51. The van der Waals surface area contributed by atoms with Gasteiger partial charge in [0.1, 0.15) is 11.9 Å². The van der Waals surface area contributed by atoms with Crippen molar-refractivity contribution in [2.75, 3.05) is 13.7 Å². The summed E-state index contributed by atoms with van der Waals surface area (Å²) in [6, 6.07) is 5.87. The maximum atomic E-state index is 14.2. The van der Waals surface area contributed by atoms with Gasteiger partial charge in [-0.25, -0.2) is 13.4 Å². The molecule has 256 valence electrons. The number of ketones is 1. The van der Waals surface area contributed by atoms with Crippen molar-refractivity contribution in [1.82, 2.24) is 14.6 Å². The third-order valence-corrected chi connectivity index (χ3v) is 12.1. The van der Waals surface area contributed by atoms with Crippen molar-refractivity contribution in [1.29, 1.82) is 0 Å². The number of Topliss-reactive ketones (excluding diaryl/α,β-unsaturated/α-hetero) is 1. The summed E-state index contributed by atoms with van der Waals surface area (Å²) in [4.78, 5) is 47.8. The number of rotatable bonds is 6. The summed E-state index contributed by atoms with van der Waals surface area (Å²) in [5.74, 6) is -0.451. The smallest absolute Gasteiger partial charge is 0.240 e. The zero-order chi connectivity index (χ0) is 32.8. The van der Waals surface area contributed by atoms with Gasteiger partial charge in [0.15, 0.2) is 5.78 Å². The highest BCUT2D eigenvalue weighted by Crippen LogP contribution is 2.57. The van der Waals surface area contributed by atoms with Crippen molar-refractivity contribution in [3.63, 3.8) is 0 Å². The molecule has 11 nitrogen and oxygen atoms in total. The molecule has 13 heteroatoms. The molecule has 4 aliphatic rings. The van der Waals surface area contributed by atoms with Crippen molar-refractivity contribution in [3.8, 4) is 11.6 Å². The van der Waals surface area contributed by atoms with Gasteiger partial charge >= 0.3 is 0 Å². The number of benzene rings is 1. The first-order chi connectivity index (χ1) is 21.9. The van der Waals surface area contributed by atoms with Gasteiger partial charge in [-0.1, -0.05) is 50.6 Å². The van der Waals surface area contributed by atoms with Crippen molar-refractivity contribution in [2.45, 2.75) is 88.7 Å². The minimum absolute atomic E-state index is 0. The van der Waals surface area contributed by atoms with Crippen molar-refractivity contribution in [3.05, 3.63) is 42.6 Å². The largest absolute Gasteiger partial charge is 0.494 e. The molecule has 0 bridgehead atoms. The number of hydrogen-bond donors (Lipinski definition) is 2. The molecule has 3 heterocycles. The molecule has 2 aliphatic heterocycles. The van der Waals surface area contributed by atoms with E-state index in [0.717, 1.165) is 30.0 Å². The molecule has 7 atom stereocenters. The van der Waals surface area contributed by atoms with Crippen LogP contribution in [0.2, 0.25) is 0 Å². The molecule has 1 aromatic carbocycles. The maximum Gasteiger partial charge on any atom is 0.240 e. The lowest BCUT2D eigenvalue weighted by atomic mass is 9.91. The summed E-state index contributed by atoms with van der Waals surface area (Å²) in [5, 5.41) is 0.997. The molecule has 0 spiro atoms. The van der Waals surface area contributed by atoms with Gasteiger partial charge in [0.25, 0.3) is 0 Å². The van der Waals surface area contributed by atoms with Crippen LogP contribution in [0.3, 0.4) is 0 Å². The first kappa shape index (κ1) is 35.1. The third-order valence-electron chi connectivity index (χ3n) is 10.3. The zero-order valence-corrected chi connectivity index (χ0v) is 28.7. The van der Waals surface area contributed by atoms with Crippen LogP contribution in [0.5, 0.6) is 11.6 Å². The van der Waals surface area contributed by atoms with Crippen LogP contribution in [0.1, 0.15) is 65.2 Å². The van der Waals surface area contributed by atoms with E-state index in [1.165, 1.54) is 4.90 Å². The molecule has 1 aromatic heterocycles. The number of amides is 2. The average molecular weight is 689 g/mol. The first-order valence-electron chi connectivity index (χ1n) is 16.3. The Kier molecular flexibility index (Phi) is 10.2. The Balaban J connectivity index is 0.00000433. The number of allylic oxidation sites excluding steroid dienone is 2. The quantitative estimate of drug-likeness (QED) is 0.429. The summed E-state index contributed by atoms with van der Waals surface area (Å²) in [5.41, 5.74) is 5.35. The van der Waals surface area contributed by atoms with Crippen LogP contribution in [0.4, 0.5) is 0 Å². The number of nitrogens with one attached hydrogen (secondary N) is 1. The number of sulfonamides is 1. The topological polar surface area (TPSA) is 158 Å². The number of fused-ring (bicyclic) bond motifs is 3. The Morgan fingerprint density at radius 2 is 1.81 bits per heavy atom. The van der Waals surface area contributed by atoms with Crippen LogP contribution in [0.25, 0.3) is 10.8 Å². The number of nitrogens with two attached hydrogens (primary N) is 1. The standard InChI is InChI=1S/C34H44N4O7S.ClH/c1-20-7-6-8-21(2)30(35)32(40)38-19-23(45-31-26-10-5-4-9-25(26)29(44-3)18-36-31)15-27(38)28(39)17-34(16-22(34)12-11-20)33(41)37-46(42,43)24-13-14-24;/h4-5,9-12,18,20-24,27,30H,6-8,13-17,19,35H2,1-3H3,(H,37,41);1H/b12-11-;/t20?,21-,22-,23-,27+,30+,34-;/m1./s1. The Hall–Kier alpha value is -3.22. The summed E-state index contributed by atoms with van der Waals surface area (Å²) in [6.45, 7) is 4.19. The van der Waals surface area contributed by atoms with E-state index in [4.69, 9.17) is 15.2 Å². The number of hydrogen-bond acceptors (Lipinski definition) is 9. The summed E-state index contributed by atoms with van der Waals surface area (Å²) in [6.07, 6.45) is 9.00. The number of aromatic nitrogens is 1. The average Bonchev–Trinajstić information content (AvgIpc) is 3.96. The second kappa shape index (κ2) is 13.7. The molecule has 6 rings (SSSR count). The predicted octanol–water partition coefficient (Wildman–Crippen LogP) is 3.93. The molecule has 1 saturated heterocycles. The van der Waals surface area contributed by atoms with E-state index in [1.807, 2.05) is 37.3 Å². The van der Waals surface area contributed by atoms with Crippen LogP contribution in [-0.4, -0.2) is 73.0 Å². The number of pyridine rings is 1. The van der Waals surface area contributed by atoms with Crippen LogP contribution in [-0.2, 0) is 24.4 Å². The minimum atomic E-state index is -3.80. The molecule has 2 aromatic rings. The Labute approximate surface area is 282 Å². The molecular formula is C34H45ClN4O7S. The van der Waals surface area contributed by atoms with E-state index in [-0.39, 0.29) is 61.2 Å². The van der Waals surface area contributed by atoms with Crippen molar-refractivity contribution >= 4 is 50.8 Å². The first-order valence-corrected chi connectivity index (χ1v) is 17.9. The maximum absolute atomic E-state index is 14.2. The molecule has 2 saturated carbocycles. The van der Waals surface area contributed by atoms with E-state index in [2.05, 4.69) is 22.7 Å². The highest BCUT2D eigenvalue weighted by Gasteiger charge is 2.61. The van der Waals surface area contributed by atoms with Gasteiger partial charge in [-0.15, -0.1) is 12.4 Å². The predicted molar refractivity (Wildman–Crippen MR) is 180 cm³/mol. The monoisotopic (exact) mass is 688 g/mol. The van der Waals surface area contributed by atoms with Crippen molar-refractivity contribution in [2.24, 2.45) is 28.9 Å². The van der Waals surface area contributed by atoms with Crippen molar-refractivity contribution < 1.29 is 32.3 Å². The second-order valence-electron chi connectivity index (χ2n) is 13.7. The van der Waals surface area contributed by atoms with E-state index in [9.17, 15) is 22.8 Å². The molecule has 1 unspecified atom stereocenters. The zero-order valence-electron chi connectivity index (χ0n) is 27.1. The van der Waals surface area contributed by atoms with Gasteiger partial charge < -0.3 is 20.1 Å². The molecule has 3 N–H and O–H groups in total. The Bertz CT molecular complexity index is 1660. The van der Waals surface area contributed by atoms with E-state index < -0.39 is 44.8 Å². The van der Waals surface area contributed by atoms with Gasteiger partial charge in [0.05, 0.1) is 42.6 Å². The minimum Gasteiger partial charge on any atom is -0.494 e. The Morgan fingerprint density at radius 3 is 2.51 bits per heavy atom. The number of methoxy groups -OCH3 is 1. The van der Waals surface area contributed by atoms with E-state index in [0.29, 0.717) is 30.9 Å². The lowest BCUT2D eigenvalue weighted by molar-refractivity contribution is -0.140.